The fourth-order valence-corrected chi connectivity index (χ4v) is 2.81. The zero-order valence-electron chi connectivity index (χ0n) is 15.9. The molecule has 2 unspecified atom stereocenters. The summed E-state index contributed by atoms with van der Waals surface area (Å²) in [5, 5.41) is 2.97. The van der Waals surface area contributed by atoms with Gasteiger partial charge in [-0.15, -0.1) is 0 Å². The van der Waals surface area contributed by atoms with E-state index in [1.807, 2.05) is 38.1 Å². The molecular weight excluding hydrogens is 346 g/mol. The standard InChI is InChI=1S/C21H25NO5/c1-4-11-25-17-10-9-15(12-19(17)24-3)21(23)22-14(2)20-13-26-16-7-5-6-8-18(16)27-20/h5-10,12,14,20H,4,11,13H2,1-3H3,(H,22,23). The molecule has 0 radical (unpaired) electrons. The minimum atomic E-state index is -0.266. The van der Waals surface area contributed by atoms with E-state index >= 15 is 0 Å². The number of fused-ring (bicyclic) bond motifs is 1. The van der Waals surface area contributed by atoms with E-state index < -0.39 is 0 Å². The van der Waals surface area contributed by atoms with E-state index in [0.29, 0.717) is 36.0 Å². The lowest BCUT2D eigenvalue weighted by atomic mass is 10.1. The average molecular weight is 371 g/mol. The van der Waals surface area contributed by atoms with E-state index in [1.165, 1.54) is 0 Å². The van der Waals surface area contributed by atoms with E-state index in [-0.39, 0.29) is 18.1 Å². The smallest absolute Gasteiger partial charge is 0.251 e. The van der Waals surface area contributed by atoms with Crippen molar-refractivity contribution in [2.75, 3.05) is 20.3 Å². The predicted molar refractivity (Wildman–Crippen MR) is 102 cm³/mol. The summed E-state index contributed by atoms with van der Waals surface area (Å²) in [7, 11) is 1.56. The van der Waals surface area contributed by atoms with Crippen molar-refractivity contribution in [3.05, 3.63) is 48.0 Å². The van der Waals surface area contributed by atoms with E-state index in [1.54, 1.807) is 25.3 Å². The van der Waals surface area contributed by atoms with Crippen LogP contribution in [0.4, 0.5) is 0 Å². The van der Waals surface area contributed by atoms with Crippen molar-refractivity contribution in [1.82, 2.24) is 5.32 Å². The first-order valence-electron chi connectivity index (χ1n) is 9.12. The molecule has 6 nitrogen and oxygen atoms in total. The Kier molecular flexibility index (Phi) is 6.06. The number of ether oxygens (including phenoxy) is 4. The van der Waals surface area contributed by atoms with Crippen molar-refractivity contribution < 1.29 is 23.7 Å². The van der Waals surface area contributed by atoms with Gasteiger partial charge in [-0.2, -0.15) is 0 Å². The summed E-state index contributed by atoms with van der Waals surface area (Å²) in [5.41, 5.74) is 0.500. The molecule has 2 aromatic carbocycles. The molecule has 3 rings (SSSR count). The van der Waals surface area contributed by atoms with Crippen LogP contribution in [0.15, 0.2) is 42.5 Å². The monoisotopic (exact) mass is 371 g/mol. The van der Waals surface area contributed by atoms with Gasteiger partial charge in [0.25, 0.3) is 5.91 Å². The summed E-state index contributed by atoms with van der Waals surface area (Å²) < 4.78 is 22.6. The molecule has 0 fully saturated rings. The van der Waals surface area contributed by atoms with Gasteiger partial charge in [0, 0.05) is 5.56 Å². The Balaban J connectivity index is 1.64. The molecule has 1 amide bonds. The Labute approximate surface area is 159 Å². The zero-order chi connectivity index (χ0) is 19.2. The Morgan fingerprint density at radius 2 is 2.00 bits per heavy atom. The normalized spacial score (nSPS) is 16.3. The van der Waals surface area contributed by atoms with Crippen molar-refractivity contribution in [2.45, 2.75) is 32.4 Å². The maximum atomic E-state index is 12.6. The van der Waals surface area contributed by atoms with Crippen molar-refractivity contribution >= 4 is 5.91 Å². The second-order valence-corrected chi connectivity index (χ2v) is 6.39. The molecule has 0 spiro atoms. The highest BCUT2D eigenvalue weighted by Crippen LogP contribution is 2.32. The first-order valence-corrected chi connectivity index (χ1v) is 9.12. The zero-order valence-corrected chi connectivity index (χ0v) is 15.9. The molecule has 1 aliphatic heterocycles. The van der Waals surface area contributed by atoms with Crippen molar-refractivity contribution in [3.8, 4) is 23.0 Å². The minimum Gasteiger partial charge on any atom is -0.493 e. The Hall–Kier alpha value is -2.89. The van der Waals surface area contributed by atoms with E-state index in [2.05, 4.69) is 5.32 Å². The van der Waals surface area contributed by atoms with Gasteiger partial charge >= 0.3 is 0 Å². The van der Waals surface area contributed by atoms with Crippen LogP contribution in [0.1, 0.15) is 30.6 Å². The Morgan fingerprint density at radius 3 is 2.74 bits per heavy atom. The number of benzene rings is 2. The van der Waals surface area contributed by atoms with Gasteiger partial charge in [-0.25, -0.2) is 0 Å². The van der Waals surface area contributed by atoms with Gasteiger partial charge in [0.1, 0.15) is 6.61 Å². The molecule has 144 valence electrons. The van der Waals surface area contributed by atoms with Crippen LogP contribution in [0.25, 0.3) is 0 Å². The Morgan fingerprint density at radius 1 is 1.22 bits per heavy atom. The topological polar surface area (TPSA) is 66.0 Å². The number of amides is 1. The number of rotatable bonds is 7. The summed E-state index contributed by atoms with van der Waals surface area (Å²) in [4.78, 5) is 12.6. The molecular formula is C21H25NO5. The van der Waals surface area contributed by atoms with Gasteiger partial charge in [0.05, 0.1) is 19.8 Å². The number of para-hydroxylation sites is 2. The van der Waals surface area contributed by atoms with Crippen LogP contribution in [0.3, 0.4) is 0 Å². The maximum Gasteiger partial charge on any atom is 0.251 e. The second-order valence-electron chi connectivity index (χ2n) is 6.39. The molecule has 2 aromatic rings. The number of hydrogen-bond donors (Lipinski definition) is 1. The third-order valence-electron chi connectivity index (χ3n) is 4.33. The van der Waals surface area contributed by atoms with E-state index in [0.717, 1.165) is 12.2 Å². The average Bonchev–Trinajstić information content (AvgIpc) is 2.71. The van der Waals surface area contributed by atoms with Crippen LogP contribution in [0, 0.1) is 0 Å². The van der Waals surface area contributed by atoms with E-state index in [9.17, 15) is 4.79 Å². The quantitative estimate of drug-likeness (QED) is 0.808. The summed E-state index contributed by atoms with van der Waals surface area (Å²) in [5.74, 6) is 2.37. The molecule has 2 atom stereocenters. The molecule has 0 aromatic heterocycles. The number of carbonyl (C=O) groups excluding carboxylic acids is 1. The lowest BCUT2D eigenvalue weighted by Gasteiger charge is -2.30. The number of carbonyl (C=O) groups is 1. The number of nitrogens with one attached hydrogen (secondary N) is 1. The third-order valence-corrected chi connectivity index (χ3v) is 4.33. The van der Waals surface area contributed by atoms with Gasteiger partial charge in [-0.3, -0.25) is 4.79 Å². The van der Waals surface area contributed by atoms with Crippen molar-refractivity contribution in [3.63, 3.8) is 0 Å². The van der Waals surface area contributed by atoms with Crippen LogP contribution < -0.4 is 24.3 Å². The lowest BCUT2D eigenvalue weighted by Crippen LogP contribution is -2.48. The number of hydrogen-bond acceptors (Lipinski definition) is 5. The van der Waals surface area contributed by atoms with Gasteiger partial charge in [-0.05, 0) is 43.7 Å². The highest BCUT2D eigenvalue weighted by molar-refractivity contribution is 5.95. The summed E-state index contributed by atoms with van der Waals surface area (Å²) in [6, 6.07) is 12.4. The van der Waals surface area contributed by atoms with Crippen LogP contribution in [-0.2, 0) is 0 Å². The van der Waals surface area contributed by atoms with Gasteiger partial charge in [0.15, 0.2) is 29.1 Å². The molecule has 0 aliphatic carbocycles. The molecule has 1 N–H and O–H groups in total. The molecule has 0 saturated carbocycles. The fourth-order valence-electron chi connectivity index (χ4n) is 2.81. The Bertz CT molecular complexity index is 792. The third kappa shape index (κ3) is 4.45. The first kappa shape index (κ1) is 18.9. The molecule has 0 saturated heterocycles. The molecule has 0 bridgehead atoms. The van der Waals surface area contributed by atoms with Crippen LogP contribution in [0.2, 0.25) is 0 Å². The molecule has 27 heavy (non-hydrogen) atoms. The van der Waals surface area contributed by atoms with Crippen molar-refractivity contribution in [2.24, 2.45) is 0 Å². The summed E-state index contributed by atoms with van der Waals surface area (Å²) >= 11 is 0. The van der Waals surface area contributed by atoms with Crippen LogP contribution in [0.5, 0.6) is 23.0 Å². The summed E-state index contributed by atoms with van der Waals surface area (Å²) in [6.45, 7) is 4.91. The van der Waals surface area contributed by atoms with Crippen LogP contribution >= 0.6 is 0 Å². The molecule has 1 aliphatic rings. The van der Waals surface area contributed by atoms with Crippen LogP contribution in [-0.4, -0.2) is 38.4 Å². The predicted octanol–water partition coefficient (Wildman–Crippen LogP) is 3.44. The SMILES string of the molecule is CCCOc1ccc(C(=O)NC(C)C2COc3ccccc3O2)cc1OC. The largest absolute Gasteiger partial charge is 0.493 e. The van der Waals surface area contributed by atoms with E-state index in [4.69, 9.17) is 18.9 Å². The van der Waals surface area contributed by atoms with Crippen molar-refractivity contribution in [1.29, 1.82) is 0 Å². The number of methoxy groups -OCH3 is 1. The lowest BCUT2D eigenvalue weighted by molar-refractivity contribution is 0.0606. The second kappa shape index (κ2) is 8.66. The molecule has 1 heterocycles. The highest BCUT2D eigenvalue weighted by Gasteiger charge is 2.27. The molecule has 6 heteroatoms. The fraction of sp³-hybridized carbons (Fsp3) is 0.381. The highest BCUT2D eigenvalue weighted by atomic mass is 16.6. The van der Waals surface area contributed by atoms with Gasteiger partial charge in [0.2, 0.25) is 0 Å². The summed E-state index contributed by atoms with van der Waals surface area (Å²) in [6.07, 6.45) is 0.632. The minimum absolute atomic E-state index is 0.203. The van der Waals surface area contributed by atoms with Gasteiger partial charge in [-0.1, -0.05) is 19.1 Å². The maximum absolute atomic E-state index is 12.6. The first-order chi connectivity index (χ1) is 13.1. The van der Waals surface area contributed by atoms with Gasteiger partial charge < -0.3 is 24.3 Å².